The van der Waals surface area contributed by atoms with Crippen LogP contribution in [0.1, 0.15) is 24.8 Å². The number of benzene rings is 1. The van der Waals surface area contributed by atoms with Crippen molar-refractivity contribution in [3.8, 4) is 0 Å². The SMILES string of the molecule is O=C(O)C1(Cc2ccccc2)CCCCO1. The van der Waals surface area contributed by atoms with Gasteiger partial charge in [-0.15, -0.1) is 0 Å². The van der Waals surface area contributed by atoms with Crippen molar-refractivity contribution in [1.82, 2.24) is 0 Å². The van der Waals surface area contributed by atoms with Gasteiger partial charge >= 0.3 is 5.97 Å². The highest BCUT2D eigenvalue weighted by atomic mass is 16.5. The van der Waals surface area contributed by atoms with Crippen LogP contribution in [0.4, 0.5) is 0 Å². The first kappa shape index (κ1) is 11.1. The van der Waals surface area contributed by atoms with Crippen LogP contribution in [0.2, 0.25) is 0 Å². The van der Waals surface area contributed by atoms with E-state index < -0.39 is 11.6 Å². The first-order valence-electron chi connectivity index (χ1n) is 5.64. The lowest BCUT2D eigenvalue weighted by molar-refractivity contribution is -0.172. The molecular weight excluding hydrogens is 204 g/mol. The van der Waals surface area contributed by atoms with Gasteiger partial charge in [0, 0.05) is 13.0 Å². The quantitative estimate of drug-likeness (QED) is 0.849. The van der Waals surface area contributed by atoms with Crippen LogP contribution in [0.3, 0.4) is 0 Å². The molecule has 0 aromatic heterocycles. The van der Waals surface area contributed by atoms with E-state index in [9.17, 15) is 9.90 Å². The van der Waals surface area contributed by atoms with Crippen molar-refractivity contribution in [2.75, 3.05) is 6.61 Å². The molecule has 1 saturated heterocycles. The number of rotatable bonds is 3. The fourth-order valence-electron chi connectivity index (χ4n) is 2.16. The lowest BCUT2D eigenvalue weighted by Crippen LogP contribution is -2.46. The predicted octanol–water partition coefficient (Wildman–Crippen LogP) is 2.25. The summed E-state index contributed by atoms with van der Waals surface area (Å²) in [6, 6.07) is 9.67. The molecule has 0 spiro atoms. The topological polar surface area (TPSA) is 46.5 Å². The van der Waals surface area contributed by atoms with Gasteiger partial charge in [-0.05, 0) is 24.8 Å². The Labute approximate surface area is 95.0 Å². The Kier molecular flexibility index (Phi) is 3.25. The van der Waals surface area contributed by atoms with Gasteiger partial charge in [-0.2, -0.15) is 0 Å². The summed E-state index contributed by atoms with van der Waals surface area (Å²) in [7, 11) is 0. The molecule has 1 aromatic rings. The van der Waals surface area contributed by atoms with E-state index in [1.54, 1.807) is 0 Å². The molecule has 0 bridgehead atoms. The van der Waals surface area contributed by atoms with E-state index in [1.165, 1.54) is 0 Å². The molecule has 1 N–H and O–H groups in total. The second-order valence-corrected chi connectivity index (χ2v) is 4.27. The Morgan fingerprint density at radius 1 is 1.31 bits per heavy atom. The third-order valence-electron chi connectivity index (χ3n) is 3.08. The number of aliphatic carboxylic acids is 1. The molecule has 1 atom stereocenters. The number of ether oxygens (including phenoxy) is 1. The van der Waals surface area contributed by atoms with Gasteiger partial charge in [-0.3, -0.25) is 0 Å². The number of carboxylic acids is 1. The van der Waals surface area contributed by atoms with E-state index in [4.69, 9.17) is 4.74 Å². The Bertz CT molecular complexity index is 353. The molecule has 0 amide bonds. The minimum atomic E-state index is -1.00. The summed E-state index contributed by atoms with van der Waals surface area (Å²) < 4.78 is 5.53. The van der Waals surface area contributed by atoms with E-state index in [0.717, 1.165) is 18.4 Å². The van der Waals surface area contributed by atoms with Crippen molar-refractivity contribution in [1.29, 1.82) is 0 Å². The maximum Gasteiger partial charge on any atom is 0.336 e. The maximum atomic E-state index is 11.4. The van der Waals surface area contributed by atoms with Gasteiger partial charge in [0.1, 0.15) is 0 Å². The van der Waals surface area contributed by atoms with Crippen molar-refractivity contribution in [3.05, 3.63) is 35.9 Å². The molecule has 0 saturated carbocycles. The van der Waals surface area contributed by atoms with Crippen LogP contribution >= 0.6 is 0 Å². The monoisotopic (exact) mass is 220 g/mol. The van der Waals surface area contributed by atoms with Crippen molar-refractivity contribution in [2.24, 2.45) is 0 Å². The van der Waals surface area contributed by atoms with E-state index >= 15 is 0 Å². The van der Waals surface area contributed by atoms with Crippen LogP contribution in [-0.4, -0.2) is 23.3 Å². The Morgan fingerprint density at radius 3 is 2.62 bits per heavy atom. The molecule has 3 heteroatoms. The molecule has 1 fully saturated rings. The molecule has 16 heavy (non-hydrogen) atoms. The van der Waals surface area contributed by atoms with Gasteiger partial charge in [0.25, 0.3) is 0 Å². The van der Waals surface area contributed by atoms with Gasteiger partial charge < -0.3 is 9.84 Å². The van der Waals surface area contributed by atoms with Crippen LogP contribution in [-0.2, 0) is 16.0 Å². The highest BCUT2D eigenvalue weighted by Crippen LogP contribution is 2.29. The first-order valence-corrected chi connectivity index (χ1v) is 5.64. The average Bonchev–Trinajstić information content (AvgIpc) is 2.31. The highest BCUT2D eigenvalue weighted by molar-refractivity contribution is 5.78. The summed E-state index contributed by atoms with van der Waals surface area (Å²) in [5.74, 6) is -0.837. The smallest absolute Gasteiger partial charge is 0.336 e. The third-order valence-corrected chi connectivity index (χ3v) is 3.08. The number of carbonyl (C=O) groups is 1. The molecule has 3 nitrogen and oxygen atoms in total. The van der Waals surface area contributed by atoms with Crippen LogP contribution in [0.15, 0.2) is 30.3 Å². The summed E-state index contributed by atoms with van der Waals surface area (Å²) in [6.45, 7) is 0.555. The molecule has 1 unspecified atom stereocenters. The van der Waals surface area contributed by atoms with Crippen LogP contribution < -0.4 is 0 Å². The van der Waals surface area contributed by atoms with Crippen LogP contribution in [0, 0.1) is 0 Å². The van der Waals surface area contributed by atoms with E-state index in [1.807, 2.05) is 30.3 Å². The molecule has 86 valence electrons. The van der Waals surface area contributed by atoms with Gasteiger partial charge in [-0.25, -0.2) is 4.79 Å². The Balaban J connectivity index is 2.17. The number of hydrogen-bond acceptors (Lipinski definition) is 2. The van der Waals surface area contributed by atoms with Gasteiger partial charge in [-0.1, -0.05) is 30.3 Å². The second-order valence-electron chi connectivity index (χ2n) is 4.27. The minimum absolute atomic E-state index is 0.461. The predicted molar refractivity (Wildman–Crippen MR) is 60.3 cm³/mol. The fourth-order valence-corrected chi connectivity index (χ4v) is 2.16. The summed E-state index contributed by atoms with van der Waals surface area (Å²) in [4.78, 5) is 11.4. The Morgan fingerprint density at radius 2 is 2.06 bits per heavy atom. The highest BCUT2D eigenvalue weighted by Gasteiger charge is 2.41. The summed E-state index contributed by atoms with van der Waals surface area (Å²) in [5, 5.41) is 9.33. The van der Waals surface area contributed by atoms with Crippen LogP contribution in [0.25, 0.3) is 0 Å². The van der Waals surface area contributed by atoms with E-state index in [2.05, 4.69) is 0 Å². The summed E-state index contributed by atoms with van der Waals surface area (Å²) in [5.41, 5.74) is 0.0198. The zero-order valence-corrected chi connectivity index (χ0v) is 9.19. The summed E-state index contributed by atoms with van der Waals surface area (Å²) >= 11 is 0. The Hall–Kier alpha value is -1.35. The molecule has 2 rings (SSSR count). The zero-order valence-electron chi connectivity index (χ0n) is 9.19. The summed E-state index contributed by atoms with van der Waals surface area (Å²) in [6.07, 6.45) is 2.96. The molecule has 1 aliphatic heterocycles. The number of carboxylic acid groups (broad SMARTS) is 1. The molecule has 0 aliphatic carbocycles. The van der Waals surface area contributed by atoms with E-state index in [0.29, 0.717) is 19.4 Å². The van der Waals surface area contributed by atoms with Gasteiger partial charge in [0.2, 0.25) is 0 Å². The van der Waals surface area contributed by atoms with Gasteiger partial charge in [0.15, 0.2) is 5.60 Å². The van der Waals surface area contributed by atoms with E-state index in [-0.39, 0.29) is 0 Å². The average molecular weight is 220 g/mol. The molecule has 0 radical (unpaired) electrons. The number of hydrogen-bond donors (Lipinski definition) is 1. The first-order chi connectivity index (χ1) is 7.73. The van der Waals surface area contributed by atoms with Crippen molar-refractivity contribution in [3.63, 3.8) is 0 Å². The lowest BCUT2D eigenvalue weighted by Gasteiger charge is -2.33. The van der Waals surface area contributed by atoms with Crippen molar-refractivity contribution in [2.45, 2.75) is 31.3 Å². The van der Waals surface area contributed by atoms with Crippen molar-refractivity contribution >= 4 is 5.97 Å². The largest absolute Gasteiger partial charge is 0.479 e. The second kappa shape index (κ2) is 4.66. The maximum absolute atomic E-state index is 11.4. The molecule has 1 aromatic carbocycles. The van der Waals surface area contributed by atoms with Gasteiger partial charge in [0.05, 0.1) is 0 Å². The molecule has 1 aliphatic rings. The van der Waals surface area contributed by atoms with Crippen molar-refractivity contribution < 1.29 is 14.6 Å². The van der Waals surface area contributed by atoms with Crippen LogP contribution in [0.5, 0.6) is 0 Å². The zero-order chi connectivity index (χ0) is 11.4. The normalized spacial score (nSPS) is 25.2. The third kappa shape index (κ3) is 2.25. The fraction of sp³-hybridized carbons (Fsp3) is 0.462. The molecular formula is C13H16O3. The molecule has 1 heterocycles. The standard InChI is InChI=1S/C13H16O3/c14-12(15)13(8-4-5-9-16-13)10-11-6-2-1-3-7-11/h1-3,6-7H,4-5,8-10H2,(H,14,15). The lowest BCUT2D eigenvalue weighted by atomic mass is 9.87. The minimum Gasteiger partial charge on any atom is -0.479 e.